The molecular formula is C12H18BrN3O. The van der Waals surface area contributed by atoms with Gasteiger partial charge in [0.2, 0.25) is 5.88 Å². The maximum absolute atomic E-state index is 5.25. The SMILES string of the molecule is COc1ncnc(N2CCC(C)C2CBr)c1C. The molecule has 1 saturated heterocycles. The molecule has 0 amide bonds. The molecule has 94 valence electrons. The van der Waals surface area contributed by atoms with Gasteiger partial charge >= 0.3 is 0 Å². The summed E-state index contributed by atoms with van der Waals surface area (Å²) < 4.78 is 5.25. The summed E-state index contributed by atoms with van der Waals surface area (Å²) in [5, 5.41) is 0.972. The Morgan fingerprint density at radius 2 is 2.29 bits per heavy atom. The molecule has 1 aromatic heterocycles. The Hall–Kier alpha value is -0.840. The van der Waals surface area contributed by atoms with Crippen LogP contribution in [-0.4, -0.2) is 35.0 Å². The summed E-state index contributed by atoms with van der Waals surface area (Å²) in [6.07, 6.45) is 2.79. The number of hydrogen-bond acceptors (Lipinski definition) is 4. The first-order valence-electron chi connectivity index (χ1n) is 5.87. The Balaban J connectivity index is 2.34. The fourth-order valence-corrected chi connectivity index (χ4v) is 3.41. The molecule has 0 radical (unpaired) electrons. The van der Waals surface area contributed by atoms with E-state index >= 15 is 0 Å². The zero-order valence-electron chi connectivity index (χ0n) is 10.5. The highest BCUT2D eigenvalue weighted by Crippen LogP contribution is 2.33. The van der Waals surface area contributed by atoms with Crippen molar-refractivity contribution in [1.82, 2.24) is 9.97 Å². The molecule has 0 spiro atoms. The van der Waals surface area contributed by atoms with Crippen molar-refractivity contribution in [3.63, 3.8) is 0 Å². The van der Waals surface area contributed by atoms with Crippen molar-refractivity contribution in [2.45, 2.75) is 26.3 Å². The van der Waals surface area contributed by atoms with Gasteiger partial charge in [0.1, 0.15) is 12.1 Å². The second-order valence-corrected chi connectivity index (χ2v) is 5.16. The third kappa shape index (κ3) is 2.25. The van der Waals surface area contributed by atoms with Crippen molar-refractivity contribution in [2.75, 3.05) is 23.9 Å². The zero-order valence-corrected chi connectivity index (χ0v) is 12.1. The molecule has 0 aliphatic carbocycles. The van der Waals surface area contributed by atoms with Crippen LogP contribution in [0.25, 0.3) is 0 Å². The van der Waals surface area contributed by atoms with E-state index in [2.05, 4.69) is 37.7 Å². The number of alkyl halides is 1. The quantitative estimate of drug-likeness (QED) is 0.804. The van der Waals surface area contributed by atoms with Gasteiger partial charge in [0, 0.05) is 17.9 Å². The standard InChI is InChI=1S/C12H18BrN3O/c1-8-4-5-16(10(8)6-13)11-9(2)12(17-3)15-7-14-11/h7-8,10H,4-6H2,1-3H3. The number of ether oxygens (including phenoxy) is 1. The van der Waals surface area contributed by atoms with Crippen LogP contribution in [0, 0.1) is 12.8 Å². The van der Waals surface area contributed by atoms with Crippen LogP contribution < -0.4 is 9.64 Å². The maximum atomic E-state index is 5.25. The fourth-order valence-electron chi connectivity index (χ4n) is 2.43. The van der Waals surface area contributed by atoms with Gasteiger partial charge in [-0.2, -0.15) is 0 Å². The molecule has 2 heterocycles. The monoisotopic (exact) mass is 299 g/mol. The van der Waals surface area contributed by atoms with Crippen molar-refractivity contribution in [1.29, 1.82) is 0 Å². The topological polar surface area (TPSA) is 38.3 Å². The van der Waals surface area contributed by atoms with Gasteiger partial charge in [-0.05, 0) is 19.3 Å². The van der Waals surface area contributed by atoms with Gasteiger partial charge in [-0.25, -0.2) is 9.97 Å². The van der Waals surface area contributed by atoms with Crippen LogP contribution in [0.15, 0.2) is 6.33 Å². The first-order valence-corrected chi connectivity index (χ1v) is 6.99. The van der Waals surface area contributed by atoms with Gasteiger partial charge in [-0.1, -0.05) is 22.9 Å². The number of aromatic nitrogens is 2. The Bertz CT molecular complexity index is 399. The molecule has 5 heteroatoms. The zero-order chi connectivity index (χ0) is 12.4. The third-order valence-electron chi connectivity index (χ3n) is 3.52. The molecule has 0 N–H and O–H groups in total. The van der Waals surface area contributed by atoms with Crippen LogP contribution in [0.2, 0.25) is 0 Å². The minimum Gasteiger partial charge on any atom is -0.481 e. The van der Waals surface area contributed by atoms with Crippen molar-refractivity contribution >= 4 is 21.7 Å². The number of rotatable bonds is 3. The van der Waals surface area contributed by atoms with E-state index in [1.807, 2.05) is 6.92 Å². The van der Waals surface area contributed by atoms with Gasteiger partial charge in [-0.3, -0.25) is 0 Å². The van der Waals surface area contributed by atoms with Crippen molar-refractivity contribution < 1.29 is 4.74 Å². The lowest BCUT2D eigenvalue weighted by atomic mass is 10.1. The second-order valence-electron chi connectivity index (χ2n) is 4.51. The second kappa shape index (κ2) is 5.21. The lowest BCUT2D eigenvalue weighted by molar-refractivity contribution is 0.393. The highest BCUT2D eigenvalue weighted by atomic mass is 79.9. The number of hydrogen-bond donors (Lipinski definition) is 0. The molecule has 4 nitrogen and oxygen atoms in total. The minimum atomic E-state index is 0.508. The van der Waals surface area contributed by atoms with Gasteiger partial charge in [0.15, 0.2) is 0 Å². The van der Waals surface area contributed by atoms with Crippen LogP contribution in [0.5, 0.6) is 5.88 Å². The van der Waals surface area contributed by atoms with E-state index in [4.69, 9.17) is 4.74 Å². The first-order chi connectivity index (χ1) is 8.19. The van der Waals surface area contributed by atoms with Crippen LogP contribution >= 0.6 is 15.9 Å². The normalized spacial score (nSPS) is 24.1. The van der Waals surface area contributed by atoms with Crippen molar-refractivity contribution in [2.24, 2.45) is 5.92 Å². The Labute approximate surface area is 111 Å². The maximum Gasteiger partial charge on any atom is 0.221 e. The highest BCUT2D eigenvalue weighted by Gasteiger charge is 2.32. The Morgan fingerprint density at radius 1 is 1.53 bits per heavy atom. The summed E-state index contributed by atoms with van der Waals surface area (Å²) in [6, 6.07) is 0.508. The molecule has 1 aromatic rings. The Morgan fingerprint density at radius 3 is 2.94 bits per heavy atom. The number of halogens is 1. The summed E-state index contributed by atoms with van der Waals surface area (Å²) in [5.41, 5.74) is 1.02. The average molecular weight is 300 g/mol. The smallest absolute Gasteiger partial charge is 0.221 e. The lowest BCUT2D eigenvalue weighted by Gasteiger charge is -2.27. The minimum absolute atomic E-state index is 0.508. The van der Waals surface area contributed by atoms with Crippen LogP contribution in [-0.2, 0) is 0 Å². The molecule has 0 saturated carbocycles. The average Bonchev–Trinajstić information content (AvgIpc) is 2.70. The fraction of sp³-hybridized carbons (Fsp3) is 0.667. The third-order valence-corrected chi connectivity index (χ3v) is 4.18. The molecule has 2 unspecified atom stereocenters. The molecule has 1 aliphatic heterocycles. The van der Waals surface area contributed by atoms with Gasteiger partial charge in [0.25, 0.3) is 0 Å². The van der Waals surface area contributed by atoms with E-state index in [1.165, 1.54) is 6.42 Å². The predicted octanol–water partition coefficient (Wildman–Crippen LogP) is 2.40. The molecule has 0 bridgehead atoms. The summed E-state index contributed by atoms with van der Waals surface area (Å²) in [5.74, 6) is 2.36. The molecule has 0 aromatic carbocycles. The van der Waals surface area contributed by atoms with E-state index in [0.717, 1.165) is 23.3 Å². The molecule has 2 atom stereocenters. The van der Waals surface area contributed by atoms with Crippen LogP contribution in [0.3, 0.4) is 0 Å². The van der Waals surface area contributed by atoms with Crippen molar-refractivity contribution in [3.05, 3.63) is 11.9 Å². The first kappa shape index (κ1) is 12.6. The van der Waals surface area contributed by atoms with E-state index in [9.17, 15) is 0 Å². The number of methoxy groups -OCH3 is 1. The molecule has 1 aliphatic rings. The molecular weight excluding hydrogens is 282 g/mol. The largest absolute Gasteiger partial charge is 0.481 e. The van der Waals surface area contributed by atoms with E-state index < -0.39 is 0 Å². The van der Waals surface area contributed by atoms with Gasteiger partial charge in [-0.15, -0.1) is 0 Å². The Kier molecular flexibility index (Phi) is 3.86. The summed E-state index contributed by atoms with van der Waals surface area (Å²) >= 11 is 3.60. The number of nitrogens with zero attached hydrogens (tertiary/aromatic N) is 3. The van der Waals surface area contributed by atoms with Crippen LogP contribution in [0.1, 0.15) is 18.9 Å². The molecule has 2 rings (SSSR count). The number of anilines is 1. The van der Waals surface area contributed by atoms with Crippen LogP contribution in [0.4, 0.5) is 5.82 Å². The van der Waals surface area contributed by atoms with Gasteiger partial charge < -0.3 is 9.64 Å². The van der Waals surface area contributed by atoms with E-state index in [-0.39, 0.29) is 0 Å². The van der Waals surface area contributed by atoms with Gasteiger partial charge in [0.05, 0.1) is 12.7 Å². The predicted molar refractivity (Wildman–Crippen MR) is 72.0 cm³/mol. The van der Waals surface area contributed by atoms with E-state index in [0.29, 0.717) is 17.8 Å². The van der Waals surface area contributed by atoms with Crippen molar-refractivity contribution in [3.8, 4) is 5.88 Å². The molecule has 1 fully saturated rings. The summed E-state index contributed by atoms with van der Waals surface area (Å²) in [4.78, 5) is 10.9. The van der Waals surface area contributed by atoms with E-state index in [1.54, 1.807) is 13.4 Å². The lowest BCUT2D eigenvalue weighted by Crippen LogP contribution is -2.34. The molecule has 17 heavy (non-hydrogen) atoms. The highest BCUT2D eigenvalue weighted by molar-refractivity contribution is 9.09. The summed E-state index contributed by atoms with van der Waals surface area (Å²) in [7, 11) is 1.65. The summed E-state index contributed by atoms with van der Waals surface area (Å²) in [6.45, 7) is 5.36.